The van der Waals surface area contributed by atoms with Crippen molar-refractivity contribution in [3.05, 3.63) is 48.5 Å². The Balaban J connectivity index is 1.88. The predicted molar refractivity (Wildman–Crippen MR) is 99.6 cm³/mol. The average Bonchev–Trinajstić information content (AvgIpc) is 3.24. The quantitative estimate of drug-likeness (QED) is 0.786. The highest BCUT2D eigenvalue weighted by atomic mass is 31.2. The summed E-state index contributed by atoms with van der Waals surface area (Å²) in [6.07, 6.45) is 2.17. The summed E-state index contributed by atoms with van der Waals surface area (Å²) >= 11 is 0. The van der Waals surface area contributed by atoms with Gasteiger partial charge in [-0.05, 0) is 37.1 Å². The first-order valence-corrected chi connectivity index (χ1v) is 10.2. The molecule has 0 aliphatic carbocycles. The summed E-state index contributed by atoms with van der Waals surface area (Å²) in [7, 11) is 0.265. The van der Waals surface area contributed by atoms with Crippen molar-refractivity contribution in [1.29, 1.82) is 0 Å². The Morgan fingerprint density at radius 2 is 1.88 bits per heavy atom. The van der Waals surface area contributed by atoms with Crippen LogP contribution in [0.2, 0.25) is 0 Å². The van der Waals surface area contributed by atoms with Crippen molar-refractivity contribution < 1.29 is 14.4 Å². The fourth-order valence-electron chi connectivity index (χ4n) is 3.97. The van der Waals surface area contributed by atoms with E-state index in [2.05, 4.69) is 9.34 Å². The lowest BCUT2D eigenvalue weighted by molar-refractivity contribution is -0.176. The summed E-state index contributed by atoms with van der Waals surface area (Å²) in [5.41, 5.74) is 0.991. The minimum atomic E-state index is -2.99. The van der Waals surface area contributed by atoms with Crippen molar-refractivity contribution in [3.63, 3.8) is 0 Å². The highest BCUT2D eigenvalue weighted by molar-refractivity contribution is 7.76. The van der Waals surface area contributed by atoms with Gasteiger partial charge in [-0.2, -0.15) is 4.67 Å². The monoisotopic (exact) mass is 358 g/mol. The van der Waals surface area contributed by atoms with Crippen LogP contribution in [0.4, 0.5) is 5.69 Å². The van der Waals surface area contributed by atoms with Gasteiger partial charge in [-0.3, -0.25) is 0 Å². The number of anilines is 1. The Labute approximate surface area is 149 Å². The minimum Gasteiger partial charge on any atom is -0.642 e. The van der Waals surface area contributed by atoms with Gasteiger partial charge in [0.05, 0.1) is 32.5 Å². The smallest absolute Gasteiger partial charge is 0.175 e. The van der Waals surface area contributed by atoms with E-state index in [0.717, 1.165) is 36.9 Å². The van der Waals surface area contributed by atoms with E-state index in [1.54, 1.807) is 14.2 Å². The van der Waals surface area contributed by atoms with Gasteiger partial charge in [0.2, 0.25) is 0 Å². The molecular weight excluding hydrogens is 335 g/mol. The van der Waals surface area contributed by atoms with Crippen LogP contribution in [-0.4, -0.2) is 38.0 Å². The third kappa shape index (κ3) is 2.58. The highest BCUT2D eigenvalue weighted by Gasteiger charge is 2.57. The third-order valence-electron chi connectivity index (χ3n) is 5.16. The molecule has 0 bridgehead atoms. The zero-order valence-corrected chi connectivity index (χ0v) is 15.5. The number of methoxy groups -OCH3 is 2. The van der Waals surface area contributed by atoms with Crippen molar-refractivity contribution in [2.75, 3.05) is 32.0 Å². The van der Waals surface area contributed by atoms with Crippen LogP contribution in [-0.2, 0) is 0 Å². The summed E-state index contributed by atoms with van der Waals surface area (Å²) in [6.45, 7) is 1.63. The molecule has 2 saturated heterocycles. The molecule has 2 heterocycles. The lowest BCUT2D eigenvalue weighted by Gasteiger charge is -2.40. The fourth-order valence-corrected chi connectivity index (χ4v) is 7.43. The lowest BCUT2D eigenvalue weighted by Crippen LogP contribution is -2.41. The molecule has 2 aliphatic heterocycles. The van der Waals surface area contributed by atoms with Gasteiger partial charge in [-0.25, -0.2) is 4.67 Å². The summed E-state index contributed by atoms with van der Waals surface area (Å²) in [5, 5.41) is 0.725. The van der Waals surface area contributed by atoms with E-state index < -0.39 is 7.79 Å². The number of hydrogen-bond donors (Lipinski definition) is 0. The molecule has 2 fully saturated rings. The van der Waals surface area contributed by atoms with E-state index in [1.165, 1.54) is 0 Å². The number of benzene rings is 2. The summed E-state index contributed by atoms with van der Waals surface area (Å²) in [6, 6.07) is 15.9. The molecule has 4 rings (SSSR count). The summed E-state index contributed by atoms with van der Waals surface area (Å²) in [5.74, 6) is 1.35. The van der Waals surface area contributed by atoms with Crippen LogP contribution in [0, 0.1) is 0 Å². The zero-order valence-electron chi connectivity index (χ0n) is 14.6. The second-order valence-electron chi connectivity index (χ2n) is 6.46. The topological polar surface area (TPSA) is 48.0 Å². The lowest BCUT2D eigenvalue weighted by atomic mass is 10.2. The van der Waals surface area contributed by atoms with Crippen molar-refractivity contribution in [3.8, 4) is 11.5 Å². The molecule has 1 unspecified atom stereocenters. The molecule has 0 spiro atoms. The number of fused-ring (bicyclic) bond motifs is 1. The Hall–Kier alpha value is -1.81. The fraction of sp³-hybridized carbons (Fsp3) is 0.368. The standard InChI is InChI=1S/C19H23N2O3P/c1-23-17-10-11-18(24-2)19(13-17)25(22)20-12-6-9-16(20)14-21(25)15-7-4-3-5-8-15/h3-5,7-8,10-11,13,16H,6,9,12,14H2,1-2H3/t16-,25?/m0/s1. The maximum Gasteiger partial charge on any atom is 0.175 e. The highest BCUT2D eigenvalue weighted by Crippen LogP contribution is 2.66. The van der Waals surface area contributed by atoms with Crippen molar-refractivity contribution in [2.45, 2.75) is 18.9 Å². The molecule has 132 valence electrons. The first-order valence-electron chi connectivity index (χ1n) is 8.61. The Kier molecular flexibility index (Phi) is 4.32. The van der Waals surface area contributed by atoms with Gasteiger partial charge in [0, 0.05) is 12.6 Å². The Morgan fingerprint density at radius 1 is 1.08 bits per heavy atom. The van der Waals surface area contributed by atoms with E-state index in [0.29, 0.717) is 17.5 Å². The largest absolute Gasteiger partial charge is 0.642 e. The van der Waals surface area contributed by atoms with Gasteiger partial charge in [0.25, 0.3) is 0 Å². The third-order valence-corrected chi connectivity index (χ3v) is 8.41. The number of hydrogen-bond acceptors (Lipinski definition) is 5. The van der Waals surface area contributed by atoms with Crippen LogP contribution in [0.1, 0.15) is 12.8 Å². The van der Waals surface area contributed by atoms with Crippen molar-refractivity contribution in [2.24, 2.45) is 0 Å². The van der Waals surface area contributed by atoms with Gasteiger partial charge in [-0.15, -0.1) is 0 Å². The van der Waals surface area contributed by atoms with Crippen LogP contribution >= 0.6 is 7.79 Å². The second-order valence-corrected chi connectivity index (χ2v) is 9.03. The SMILES string of the molecule is COc1ccc(OC)c([P+]2([O-])N(c3ccccc3)C[C@@H]3CCCN32)c1. The van der Waals surface area contributed by atoms with Crippen molar-refractivity contribution >= 4 is 18.8 Å². The summed E-state index contributed by atoms with van der Waals surface area (Å²) in [4.78, 5) is 14.5. The average molecular weight is 358 g/mol. The number of nitrogens with zero attached hydrogens (tertiary/aromatic N) is 2. The van der Waals surface area contributed by atoms with E-state index in [9.17, 15) is 4.89 Å². The molecule has 2 aromatic carbocycles. The number of para-hydroxylation sites is 1. The molecule has 0 saturated carbocycles. The van der Waals surface area contributed by atoms with E-state index in [1.807, 2.05) is 48.5 Å². The van der Waals surface area contributed by atoms with Crippen LogP contribution < -0.4 is 24.3 Å². The molecule has 0 N–H and O–H groups in total. The number of ether oxygens (including phenoxy) is 2. The molecule has 0 radical (unpaired) electrons. The van der Waals surface area contributed by atoms with E-state index in [-0.39, 0.29) is 0 Å². The molecule has 5 nitrogen and oxygen atoms in total. The maximum atomic E-state index is 14.5. The van der Waals surface area contributed by atoms with E-state index in [4.69, 9.17) is 9.47 Å². The zero-order chi connectivity index (χ0) is 17.4. The van der Waals surface area contributed by atoms with Gasteiger partial charge in [-0.1, -0.05) is 18.2 Å². The molecule has 25 heavy (non-hydrogen) atoms. The molecule has 2 aromatic rings. The van der Waals surface area contributed by atoms with Crippen LogP contribution in [0.25, 0.3) is 0 Å². The van der Waals surface area contributed by atoms with Gasteiger partial charge < -0.3 is 14.4 Å². The first kappa shape index (κ1) is 16.6. The molecule has 2 aliphatic rings. The van der Waals surface area contributed by atoms with Crippen LogP contribution in [0.3, 0.4) is 0 Å². The van der Waals surface area contributed by atoms with Gasteiger partial charge in [0.15, 0.2) is 18.8 Å². The second kappa shape index (κ2) is 6.49. The Bertz CT molecular complexity index is 758. The Morgan fingerprint density at radius 3 is 2.60 bits per heavy atom. The van der Waals surface area contributed by atoms with Crippen molar-refractivity contribution in [1.82, 2.24) is 4.67 Å². The number of rotatable bonds is 4. The molecule has 6 heteroatoms. The molecule has 2 atom stereocenters. The molecular formula is C19H23N2O3P. The summed E-state index contributed by atoms with van der Waals surface area (Å²) < 4.78 is 15.2. The molecule has 0 aromatic heterocycles. The normalized spacial score (nSPS) is 25.9. The predicted octanol–water partition coefficient (Wildman–Crippen LogP) is 2.44. The van der Waals surface area contributed by atoms with Crippen LogP contribution in [0.15, 0.2) is 48.5 Å². The van der Waals surface area contributed by atoms with Gasteiger partial charge in [0.1, 0.15) is 5.75 Å². The molecule has 0 amide bonds. The maximum absolute atomic E-state index is 14.5. The first-order chi connectivity index (χ1) is 12.2. The van der Waals surface area contributed by atoms with Crippen LogP contribution in [0.5, 0.6) is 11.5 Å². The van der Waals surface area contributed by atoms with E-state index >= 15 is 0 Å². The van der Waals surface area contributed by atoms with Gasteiger partial charge >= 0.3 is 0 Å². The minimum absolute atomic E-state index is 0.321.